The van der Waals surface area contributed by atoms with E-state index in [0.717, 1.165) is 16.7 Å². The van der Waals surface area contributed by atoms with Crippen LogP contribution in [-0.4, -0.2) is 12.1 Å². The van der Waals surface area contributed by atoms with Crippen LogP contribution in [0.4, 0.5) is 0 Å². The van der Waals surface area contributed by atoms with Gasteiger partial charge in [-0.05, 0) is 29.8 Å². The second kappa shape index (κ2) is 7.30. The van der Waals surface area contributed by atoms with Crippen molar-refractivity contribution < 1.29 is 9.47 Å². The van der Waals surface area contributed by atoms with Crippen molar-refractivity contribution in [2.75, 3.05) is 7.11 Å². The minimum absolute atomic E-state index is 0.447. The van der Waals surface area contributed by atoms with Gasteiger partial charge in [-0.25, -0.2) is 0 Å². The molecule has 0 aliphatic rings. The first-order valence-corrected chi connectivity index (χ1v) is 7.51. The zero-order valence-corrected chi connectivity index (χ0v) is 13.3. The van der Waals surface area contributed by atoms with Crippen LogP contribution < -0.4 is 9.47 Å². The van der Waals surface area contributed by atoms with E-state index in [0.29, 0.717) is 23.7 Å². The van der Waals surface area contributed by atoms with Crippen LogP contribution in [0.2, 0.25) is 0 Å². The number of hydrogen-bond acceptors (Lipinski definition) is 4. The molecule has 0 amide bonds. The molecule has 0 N–H and O–H groups in total. The van der Waals surface area contributed by atoms with Gasteiger partial charge in [0.1, 0.15) is 18.1 Å². The van der Waals surface area contributed by atoms with Gasteiger partial charge >= 0.3 is 0 Å². The molecule has 0 aliphatic carbocycles. The molecule has 0 saturated heterocycles. The van der Waals surface area contributed by atoms with Gasteiger partial charge in [0.05, 0.1) is 18.7 Å². The summed E-state index contributed by atoms with van der Waals surface area (Å²) in [5, 5.41) is 9.20. The summed E-state index contributed by atoms with van der Waals surface area (Å²) in [5.41, 5.74) is 3.21. The SMILES string of the molecule is COc1ccncc1-c1cc(C#N)ccc1OCc1ccccc1. The van der Waals surface area contributed by atoms with Crippen molar-refractivity contribution in [2.24, 2.45) is 0 Å². The summed E-state index contributed by atoms with van der Waals surface area (Å²) in [6, 6.07) is 19.2. The molecule has 0 aliphatic heterocycles. The standard InChI is InChI=1S/C20H16N2O2/c1-23-19-9-10-22-13-18(19)17-11-16(12-21)7-8-20(17)24-14-15-5-3-2-4-6-15/h2-11,13H,14H2,1H3. The Morgan fingerprint density at radius 1 is 1.00 bits per heavy atom. The summed E-state index contributed by atoms with van der Waals surface area (Å²) >= 11 is 0. The highest BCUT2D eigenvalue weighted by atomic mass is 16.5. The first-order chi connectivity index (χ1) is 11.8. The van der Waals surface area contributed by atoms with Crippen LogP contribution in [0, 0.1) is 11.3 Å². The fraction of sp³-hybridized carbons (Fsp3) is 0.100. The lowest BCUT2D eigenvalue weighted by molar-refractivity contribution is 0.307. The molecule has 1 heterocycles. The van der Waals surface area contributed by atoms with Crippen LogP contribution in [0.15, 0.2) is 67.0 Å². The molecule has 0 fully saturated rings. The molecular weight excluding hydrogens is 300 g/mol. The largest absolute Gasteiger partial charge is 0.496 e. The maximum absolute atomic E-state index is 9.20. The molecule has 0 unspecified atom stereocenters. The van der Waals surface area contributed by atoms with E-state index in [4.69, 9.17) is 9.47 Å². The fourth-order valence-corrected chi connectivity index (χ4v) is 2.43. The lowest BCUT2D eigenvalue weighted by Gasteiger charge is -2.14. The lowest BCUT2D eigenvalue weighted by Crippen LogP contribution is -1.98. The van der Waals surface area contributed by atoms with Gasteiger partial charge in [-0.2, -0.15) is 5.26 Å². The van der Waals surface area contributed by atoms with Gasteiger partial charge in [0.25, 0.3) is 0 Å². The quantitative estimate of drug-likeness (QED) is 0.707. The van der Waals surface area contributed by atoms with Gasteiger partial charge in [0, 0.05) is 23.5 Å². The van der Waals surface area contributed by atoms with Gasteiger partial charge < -0.3 is 9.47 Å². The zero-order chi connectivity index (χ0) is 16.8. The predicted molar refractivity (Wildman–Crippen MR) is 91.7 cm³/mol. The minimum Gasteiger partial charge on any atom is -0.496 e. The number of benzene rings is 2. The van der Waals surface area contributed by atoms with Crippen LogP contribution in [0.1, 0.15) is 11.1 Å². The molecule has 0 radical (unpaired) electrons. The Bertz CT molecular complexity index is 870. The third kappa shape index (κ3) is 3.36. The Morgan fingerprint density at radius 2 is 1.83 bits per heavy atom. The van der Waals surface area contributed by atoms with Gasteiger partial charge in [-0.1, -0.05) is 30.3 Å². The summed E-state index contributed by atoms with van der Waals surface area (Å²) in [5.74, 6) is 1.37. The van der Waals surface area contributed by atoms with Crippen LogP contribution in [0.25, 0.3) is 11.1 Å². The average molecular weight is 316 g/mol. The molecule has 2 aromatic carbocycles. The molecule has 4 heteroatoms. The predicted octanol–water partition coefficient (Wildman–Crippen LogP) is 4.21. The number of hydrogen-bond donors (Lipinski definition) is 0. The Morgan fingerprint density at radius 3 is 2.58 bits per heavy atom. The van der Waals surface area contributed by atoms with Gasteiger partial charge in [-0.15, -0.1) is 0 Å². The third-order valence-corrected chi connectivity index (χ3v) is 3.64. The second-order valence-corrected chi connectivity index (χ2v) is 5.17. The van der Waals surface area contributed by atoms with E-state index in [1.54, 1.807) is 37.7 Å². The molecule has 1 aromatic heterocycles. The highest BCUT2D eigenvalue weighted by molar-refractivity contribution is 5.76. The van der Waals surface area contributed by atoms with Gasteiger partial charge in [-0.3, -0.25) is 4.98 Å². The van der Waals surface area contributed by atoms with Crippen molar-refractivity contribution in [3.63, 3.8) is 0 Å². The van der Waals surface area contributed by atoms with Crippen molar-refractivity contribution >= 4 is 0 Å². The Hall–Kier alpha value is -3.32. The minimum atomic E-state index is 0.447. The molecule has 4 nitrogen and oxygen atoms in total. The number of pyridine rings is 1. The number of nitriles is 1. The first kappa shape index (κ1) is 15.6. The maximum atomic E-state index is 9.20. The number of aromatic nitrogens is 1. The number of nitrogens with zero attached hydrogens (tertiary/aromatic N) is 2. The number of ether oxygens (including phenoxy) is 2. The average Bonchev–Trinajstić information content (AvgIpc) is 2.67. The highest BCUT2D eigenvalue weighted by Gasteiger charge is 2.13. The molecule has 0 saturated carbocycles. The van der Waals surface area contributed by atoms with Crippen molar-refractivity contribution in [3.8, 4) is 28.7 Å². The number of methoxy groups -OCH3 is 1. The van der Waals surface area contributed by atoms with Crippen LogP contribution in [-0.2, 0) is 6.61 Å². The third-order valence-electron chi connectivity index (χ3n) is 3.64. The normalized spacial score (nSPS) is 10.0. The zero-order valence-electron chi connectivity index (χ0n) is 13.3. The highest BCUT2D eigenvalue weighted by Crippen LogP contribution is 2.36. The lowest BCUT2D eigenvalue weighted by atomic mass is 10.0. The van der Waals surface area contributed by atoms with E-state index >= 15 is 0 Å². The summed E-state index contributed by atoms with van der Waals surface area (Å²) in [6.07, 6.45) is 3.38. The number of rotatable bonds is 5. The monoisotopic (exact) mass is 316 g/mol. The Labute approximate surface area is 140 Å². The Kier molecular flexibility index (Phi) is 4.73. The van der Waals surface area contributed by atoms with E-state index in [2.05, 4.69) is 11.1 Å². The van der Waals surface area contributed by atoms with E-state index in [9.17, 15) is 5.26 Å². The van der Waals surface area contributed by atoms with Gasteiger partial charge in [0.2, 0.25) is 0 Å². The summed E-state index contributed by atoms with van der Waals surface area (Å²) in [4.78, 5) is 4.17. The van der Waals surface area contributed by atoms with E-state index in [1.165, 1.54) is 0 Å². The molecule has 3 rings (SSSR count). The molecule has 0 bridgehead atoms. The van der Waals surface area contributed by atoms with Crippen molar-refractivity contribution in [3.05, 3.63) is 78.1 Å². The smallest absolute Gasteiger partial charge is 0.129 e. The summed E-state index contributed by atoms with van der Waals surface area (Å²) in [6.45, 7) is 0.447. The molecule has 0 spiro atoms. The van der Waals surface area contributed by atoms with Crippen LogP contribution in [0.5, 0.6) is 11.5 Å². The van der Waals surface area contributed by atoms with Crippen molar-refractivity contribution in [1.29, 1.82) is 5.26 Å². The first-order valence-electron chi connectivity index (χ1n) is 7.51. The van der Waals surface area contributed by atoms with Crippen molar-refractivity contribution in [1.82, 2.24) is 4.98 Å². The van der Waals surface area contributed by atoms with E-state index < -0.39 is 0 Å². The second-order valence-electron chi connectivity index (χ2n) is 5.17. The maximum Gasteiger partial charge on any atom is 0.129 e. The molecule has 24 heavy (non-hydrogen) atoms. The molecule has 3 aromatic rings. The van der Waals surface area contributed by atoms with Crippen LogP contribution in [0.3, 0.4) is 0 Å². The van der Waals surface area contributed by atoms with E-state index in [1.807, 2.05) is 36.4 Å². The Balaban J connectivity index is 1.99. The molecular formula is C20H16N2O2. The van der Waals surface area contributed by atoms with E-state index in [-0.39, 0.29) is 0 Å². The summed E-state index contributed by atoms with van der Waals surface area (Å²) in [7, 11) is 1.61. The van der Waals surface area contributed by atoms with Gasteiger partial charge in [0.15, 0.2) is 0 Å². The van der Waals surface area contributed by atoms with Crippen LogP contribution >= 0.6 is 0 Å². The summed E-state index contributed by atoms with van der Waals surface area (Å²) < 4.78 is 11.4. The topological polar surface area (TPSA) is 55.1 Å². The fourth-order valence-electron chi connectivity index (χ4n) is 2.43. The molecule has 0 atom stereocenters. The molecule has 118 valence electrons. The van der Waals surface area contributed by atoms with Crippen molar-refractivity contribution in [2.45, 2.75) is 6.61 Å².